The number of hydrogen-bond acceptors (Lipinski definition) is 2. The summed E-state index contributed by atoms with van der Waals surface area (Å²) in [5, 5.41) is 14.4. The van der Waals surface area contributed by atoms with Gasteiger partial charge in [0.25, 0.3) is 0 Å². The summed E-state index contributed by atoms with van der Waals surface area (Å²) in [5.41, 5.74) is 3.82. The monoisotopic (exact) mass is 273 g/mol. The summed E-state index contributed by atoms with van der Waals surface area (Å²) in [6.07, 6.45) is 9.21. The van der Waals surface area contributed by atoms with Crippen LogP contribution in [0.1, 0.15) is 67.7 Å². The SMILES string of the molecule is Cc1ccc2c(c1)C(NCC1(O)CCCCCC1)CC2. The van der Waals surface area contributed by atoms with Crippen molar-refractivity contribution in [2.24, 2.45) is 0 Å². The van der Waals surface area contributed by atoms with Crippen LogP contribution in [0.3, 0.4) is 0 Å². The van der Waals surface area contributed by atoms with E-state index in [1.807, 2.05) is 0 Å². The zero-order valence-corrected chi connectivity index (χ0v) is 12.6. The third-order valence-corrected chi connectivity index (χ3v) is 5.09. The minimum absolute atomic E-state index is 0.442. The van der Waals surface area contributed by atoms with Crippen LogP contribution in [-0.4, -0.2) is 17.3 Å². The molecule has 1 saturated carbocycles. The van der Waals surface area contributed by atoms with Gasteiger partial charge in [0, 0.05) is 12.6 Å². The standard InChI is InChI=1S/C18H27NO/c1-14-6-7-15-8-9-17(16(15)12-14)19-13-18(20)10-4-2-3-5-11-18/h6-7,12,17,19-20H,2-5,8-11,13H2,1H3. The van der Waals surface area contributed by atoms with Crippen molar-refractivity contribution in [3.63, 3.8) is 0 Å². The average molecular weight is 273 g/mol. The van der Waals surface area contributed by atoms with E-state index in [0.717, 1.165) is 19.4 Å². The lowest BCUT2D eigenvalue weighted by Crippen LogP contribution is -2.41. The van der Waals surface area contributed by atoms with Gasteiger partial charge in [-0.15, -0.1) is 0 Å². The van der Waals surface area contributed by atoms with E-state index in [1.165, 1.54) is 55.2 Å². The molecule has 3 rings (SSSR count). The molecule has 1 fully saturated rings. The van der Waals surface area contributed by atoms with Crippen LogP contribution in [0.2, 0.25) is 0 Å². The van der Waals surface area contributed by atoms with Crippen LogP contribution in [0, 0.1) is 6.92 Å². The zero-order valence-electron chi connectivity index (χ0n) is 12.6. The Balaban J connectivity index is 1.64. The molecule has 0 amide bonds. The van der Waals surface area contributed by atoms with Crippen LogP contribution in [0.4, 0.5) is 0 Å². The van der Waals surface area contributed by atoms with Crippen LogP contribution >= 0.6 is 0 Å². The maximum absolute atomic E-state index is 10.8. The first-order valence-electron chi connectivity index (χ1n) is 8.22. The first kappa shape index (κ1) is 14.1. The second-order valence-corrected chi connectivity index (χ2v) is 6.81. The summed E-state index contributed by atoms with van der Waals surface area (Å²) in [6.45, 7) is 2.92. The fraction of sp³-hybridized carbons (Fsp3) is 0.667. The second kappa shape index (κ2) is 5.87. The van der Waals surface area contributed by atoms with E-state index in [2.05, 4.69) is 30.4 Å². The van der Waals surface area contributed by atoms with E-state index >= 15 is 0 Å². The Kier molecular flexibility index (Phi) is 4.13. The van der Waals surface area contributed by atoms with Gasteiger partial charge in [-0.05, 0) is 43.7 Å². The molecule has 110 valence electrons. The summed E-state index contributed by atoms with van der Waals surface area (Å²) < 4.78 is 0. The van der Waals surface area contributed by atoms with E-state index in [4.69, 9.17) is 0 Å². The minimum atomic E-state index is -0.469. The summed E-state index contributed by atoms with van der Waals surface area (Å²) in [7, 11) is 0. The first-order valence-corrected chi connectivity index (χ1v) is 8.22. The molecule has 20 heavy (non-hydrogen) atoms. The molecular weight excluding hydrogens is 246 g/mol. The van der Waals surface area contributed by atoms with Gasteiger partial charge in [-0.25, -0.2) is 0 Å². The van der Waals surface area contributed by atoms with Crippen molar-refractivity contribution in [3.05, 3.63) is 34.9 Å². The zero-order chi connectivity index (χ0) is 14.0. The molecule has 0 saturated heterocycles. The Hall–Kier alpha value is -0.860. The lowest BCUT2D eigenvalue weighted by molar-refractivity contribution is 0.0227. The highest BCUT2D eigenvalue weighted by atomic mass is 16.3. The smallest absolute Gasteiger partial charge is 0.0771 e. The number of nitrogens with one attached hydrogen (secondary N) is 1. The highest BCUT2D eigenvalue weighted by molar-refractivity contribution is 5.37. The normalized spacial score (nSPS) is 25.2. The molecule has 1 atom stereocenters. The molecule has 2 aliphatic carbocycles. The molecule has 2 N–H and O–H groups in total. The maximum Gasteiger partial charge on any atom is 0.0771 e. The number of rotatable bonds is 3. The van der Waals surface area contributed by atoms with E-state index < -0.39 is 5.60 Å². The summed E-state index contributed by atoms with van der Waals surface area (Å²) in [4.78, 5) is 0. The van der Waals surface area contributed by atoms with Gasteiger partial charge in [0.2, 0.25) is 0 Å². The van der Waals surface area contributed by atoms with Crippen molar-refractivity contribution >= 4 is 0 Å². The summed E-state index contributed by atoms with van der Waals surface area (Å²) >= 11 is 0. The largest absolute Gasteiger partial charge is 0.389 e. The van der Waals surface area contributed by atoms with Gasteiger partial charge < -0.3 is 10.4 Å². The fourth-order valence-electron chi connectivity index (χ4n) is 3.81. The summed E-state index contributed by atoms with van der Waals surface area (Å²) in [6, 6.07) is 7.24. The molecule has 0 aliphatic heterocycles. The lowest BCUT2D eigenvalue weighted by atomic mass is 9.94. The van der Waals surface area contributed by atoms with Gasteiger partial charge in [0.05, 0.1) is 5.60 Å². The summed E-state index contributed by atoms with van der Waals surface area (Å²) in [5.74, 6) is 0. The first-order chi connectivity index (χ1) is 9.66. The number of aryl methyl sites for hydroxylation is 2. The molecule has 2 aliphatic rings. The predicted octanol–water partition coefficient (Wildman–Crippen LogP) is 3.66. The van der Waals surface area contributed by atoms with Crippen molar-refractivity contribution < 1.29 is 5.11 Å². The number of fused-ring (bicyclic) bond motifs is 1. The topological polar surface area (TPSA) is 32.3 Å². The third-order valence-electron chi connectivity index (χ3n) is 5.09. The van der Waals surface area contributed by atoms with Crippen LogP contribution < -0.4 is 5.32 Å². The van der Waals surface area contributed by atoms with Crippen molar-refractivity contribution in [1.29, 1.82) is 0 Å². The average Bonchev–Trinajstić information content (AvgIpc) is 2.70. The maximum atomic E-state index is 10.8. The van der Waals surface area contributed by atoms with Crippen molar-refractivity contribution in [2.75, 3.05) is 6.54 Å². The highest BCUT2D eigenvalue weighted by Gasteiger charge is 2.30. The van der Waals surface area contributed by atoms with Crippen LogP contribution in [0.5, 0.6) is 0 Å². The van der Waals surface area contributed by atoms with Gasteiger partial charge in [-0.1, -0.05) is 49.4 Å². The molecule has 0 spiro atoms. The molecule has 0 radical (unpaired) electrons. The Bertz CT molecular complexity index is 460. The Morgan fingerprint density at radius 2 is 1.95 bits per heavy atom. The Labute approximate surface area is 122 Å². The molecular formula is C18H27NO. The van der Waals surface area contributed by atoms with E-state index in [0.29, 0.717) is 6.04 Å². The molecule has 0 aromatic heterocycles. The van der Waals surface area contributed by atoms with Crippen molar-refractivity contribution in [3.8, 4) is 0 Å². The van der Waals surface area contributed by atoms with Crippen LogP contribution in [0.25, 0.3) is 0 Å². The number of benzene rings is 1. The molecule has 2 nitrogen and oxygen atoms in total. The van der Waals surface area contributed by atoms with Gasteiger partial charge in [-0.2, -0.15) is 0 Å². The second-order valence-electron chi connectivity index (χ2n) is 6.81. The Morgan fingerprint density at radius 3 is 2.70 bits per heavy atom. The van der Waals surface area contributed by atoms with Crippen molar-refractivity contribution in [2.45, 2.75) is 69.9 Å². The molecule has 1 unspecified atom stereocenters. The number of hydrogen-bond donors (Lipinski definition) is 2. The quantitative estimate of drug-likeness (QED) is 0.824. The van der Waals surface area contributed by atoms with Crippen LogP contribution in [0.15, 0.2) is 18.2 Å². The lowest BCUT2D eigenvalue weighted by Gasteiger charge is -2.29. The van der Waals surface area contributed by atoms with E-state index in [9.17, 15) is 5.11 Å². The predicted molar refractivity (Wildman–Crippen MR) is 82.9 cm³/mol. The van der Waals surface area contributed by atoms with Crippen LogP contribution in [-0.2, 0) is 6.42 Å². The van der Waals surface area contributed by atoms with Gasteiger partial charge in [0.1, 0.15) is 0 Å². The minimum Gasteiger partial charge on any atom is -0.389 e. The van der Waals surface area contributed by atoms with Gasteiger partial charge >= 0.3 is 0 Å². The fourth-order valence-corrected chi connectivity index (χ4v) is 3.81. The molecule has 1 aromatic carbocycles. The van der Waals surface area contributed by atoms with Crippen molar-refractivity contribution in [1.82, 2.24) is 5.32 Å². The molecule has 0 heterocycles. The van der Waals surface area contributed by atoms with Gasteiger partial charge in [-0.3, -0.25) is 0 Å². The third kappa shape index (κ3) is 3.07. The highest BCUT2D eigenvalue weighted by Crippen LogP contribution is 2.33. The molecule has 1 aromatic rings. The van der Waals surface area contributed by atoms with E-state index in [-0.39, 0.29) is 0 Å². The van der Waals surface area contributed by atoms with Gasteiger partial charge in [0.15, 0.2) is 0 Å². The molecule has 2 heteroatoms. The Morgan fingerprint density at radius 1 is 1.20 bits per heavy atom. The number of aliphatic hydroxyl groups is 1. The molecule has 0 bridgehead atoms. The van der Waals surface area contributed by atoms with E-state index in [1.54, 1.807) is 0 Å².